The molecule has 0 aliphatic carbocycles. The lowest BCUT2D eigenvalue weighted by molar-refractivity contribution is 0.0797. The van der Waals surface area contributed by atoms with Crippen molar-refractivity contribution in [3.63, 3.8) is 0 Å². The third-order valence-electron chi connectivity index (χ3n) is 4.13. The SMILES string of the molecule is C[Si](C)(C)C#Cc1nn(OCc2ccccc2)c2c1ncc1ccccc12. The minimum atomic E-state index is -1.52. The molecular formula is C22H21N3OSi. The van der Waals surface area contributed by atoms with Crippen LogP contribution < -0.4 is 4.84 Å². The molecule has 0 atom stereocenters. The van der Waals surface area contributed by atoms with Gasteiger partial charge in [-0.3, -0.25) is 4.98 Å². The van der Waals surface area contributed by atoms with Crippen LogP contribution >= 0.6 is 0 Å². The second-order valence-electron chi connectivity index (χ2n) is 7.52. The molecule has 2 aromatic heterocycles. The molecule has 134 valence electrons. The lowest BCUT2D eigenvalue weighted by atomic mass is 10.1. The Morgan fingerprint density at radius 1 is 1.00 bits per heavy atom. The first-order valence-electron chi connectivity index (χ1n) is 8.98. The van der Waals surface area contributed by atoms with E-state index in [1.807, 2.05) is 54.7 Å². The van der Waals surface area contributed by atoms with E-state index in [4.69, 9.17) is 4.84 Å². The summed E-state index contributed by atoms with van der Waals surface area (Å²) >= 11 is 0. The maximum Gasteiger partial charge on any atom is 0.164 e. The number of hydrogen-bond donors (Lipinski definition) is 0. The largest absolute Gasteiger partial charge is 0.391 e. The lowest BCUT2D eigenvalue weighted by Gasteiger charge is -2.07. The van der Waals surface area contributed by atoms with E-state index in [1.165, 1.54) is 0 Å². The van der Waals surface area contributed by atoms with Gasteiger partial charge in [0.1, 0.15) is 25.7 Å². The Morgan fingerprint density at radius 3 is 2.52 bits per heavy atom. The van der Waals surface area contributed by atoms with Crippen molar-refractivity contribution in [3.05, 3.63) is 72.1 Å². The number of benzene rings is 2. The molecule has 4 nitrogen and oxygen atoms in total. The highest BCUT2D eigenvalue weighted by atomic mass is 28.3. The van der Waals surface area contributed by atoms with E-state index in [0.29, 0.717) is 12.3 Å². The van der Waals surface area contributed by atoms with Crippen molar-refractivity contribution < 1.29 is 4.84 Å². The topological polar surface area (TPSA) is 39.9 Å². The molecule has 5 heteroatoms. The number of pyridine rings is 1. The summed E-state index contributed by atoms with van der Waals surface area (Å²) in [6.07, 6.45) is 1.88. The van der Waals surface area contributed by atoms with Gasteiger partial charge >= 0.3 is 0 Å². The van der Waals surface area contributed by atoms with Crippen molar-refractivity contribution in [2.45, 2.75) is 26.2 Å². The molecule has 0 bridgehead atoms. The second-order valence-corrected chi connectivity index (χ2v) is 12.3. The summed E-state index contributed by atoms with van der Waals surface area (Å²) in [5.41, 5.74) is 6.79. The zero-order valence-corrected chi connectivity index (χ0v) is 16.7. The van der Waals surface area contributed by atoms with E-state index in [1.54, 1.807) is 4.85 Å². The van der Waals surface area contributed by atoms with Crippen molar-refractivity contribution in [2.24, 2.45) is 0 Å². The van der Waals surface area contributed by atoms with E-state index in [9.17, 15) is 0 Å². The fourth-order valence-electron chi connectivity index (χ4n) is 2.84. The molecule has 0 unspecified atom stereocenters. The molecule has 27 heavy (non-hydrogen) atoms. The number of fused-ring (bicyclic) bond motifs is 3. The van der Waals surface area contributed by atoms with Crippen molar-refractivity contribution in [1.29, 1.82) is 0 Å². The van der Waals surface area contributed by atoms with E-state index >= 15 is 0 Å². The van der Waals surface area contributed by atoms with Crippen LogP contribution in [0.1, 0.15) is 11.3 Å². The molecular weight excluding hydrogens is 350 g/mol. The average molecular weight is 372 g/mol. The highest BCUT2D eigenvalue weighted by Gasteiger charge is 2.16. The molecule has 2 heterocycles. The van der Waals surface area contributed by atoms with Gasteiger partial charge in [-0.1, -0.05) is 79.1 Å². The normalized spacial score (nSPS) is 11.4. The van der Waals surface area contributed by atoms with Crippen LogP contribution in [0.5, 0.6) is 0 Å². The molecule has 0 fully saturated rings. The fourth-order valence-corrected chi connectivity index (χ4v) is 3.33. The first-order valence-corrected chi connectivity index (χ1v) is 12.5. The summed E-state index contributed by atoms with van der Waals surface area (Å²) in [6, 6.07) is 18.2. The molecule has 0 amide bonds. The molecule has 0 saturated heterocycles. The monoisotopic (exact) mass is 371 g/mol. The van der Waals surface area contributed by atoms with Crippen LogP contribution in [0.25, 0.3) is 21.8 Å². The molecule has 0 spiro atoms. The van der Waals surface area contributed by atoms with Crippen molar-refractivity contribution in [2.75, 3.05) is 0 Å². The van der Waals surface area contributed by atoms with Crippen LogP contribution in [-0.2, 0) is 6.61 Å². The zero-order valence-electron chi connectivity index (χ0n) is 15.7. The van der Waals surface area contributed by atoms with Gasteiger partial charge in [0.15, 0.2) is 5.69 Å². The second kappa shape index (κ2) is 6.90. The highest BCUT2D eigenvalue weighted by molar-refractivity contribution is 6.83. The third kappa shape index (κ3) is 3.71. The molecule has 4 rings (SSSR count). The Bertz CT molecular complexity index is 1160. The first kappa shape index (κ1) is 17.3. The lowest BCUT2D eigenvalue weighted by Crippen LogP contribution is -2.16. The maximum atomic E-state index is 6.04. The van der Waals surface area contributed by atoms with Crippen molar-refractivity contribution >= 4 is 29.9 Å². The molecule has 0 saturated carbocycles. The fraction of sp³-hybridized carbons (Fsp3) is 0.182. The van der Waals surface area contributed by atoms with Crippen LogP contribution in [0.3, 0.4) is 0 Å². The van der Waals surface area contributed by atoms with Gasteiger partial charge in [0.2, 0.25) is 0 Å². The van der Waals surface area contributed by atoms with Gasteiger partial charge in [0, 0.05) is 17.0 Å². The third-order valence-corrected chi connectivity index (χ3v) is 5.01. The quantitative estimate of drug-likeness (QED) is 0.395. The Morgan fingerprint density at radius 2 is 1.74 bits per heavy atom. The molecule has 0 aliphatic rings. The van der Waals surface area contributed by atoms with Gasteiger partial charge in [-0.2, -0.15) is 0 Å². The summed E-state index contributed by atoms with van der Waals surface area (Å²) in [5, 5.41) is 6.75. The Kier molecular flexibility index (Phi) is 4.42. The Labute approximate surface area is 159 Å². The Balaban J connectivity index is 1.85. The van der Waals surface area contributed by atoms with Crippen LogP contribution in [0, 0.1) is 11.5 Å². The number of rotatable bonds is 3. The van der Waals surface area contributed by atoms with Crippen molar-refractivity contribution in [1.82, 2.24) is 14.9 Å². The van der Waals surface area contributed by atoms with Crippen LogP contribution in [0.15, 0.2) is 60.8 Å². The van der Waals surface area contributed by atoms with Crippen LogP contribution in [0.2, 0.25) is 19.6 Å². The Hall–Kier alpha value is -3.10. The molecule has 0 aliphatic heterocycles. The van der Waals surface area contributed by atoms with Crippen LogP contribution in [0.4, 0.5) is 0 Å². The summed E-state index contributed by atoms with van der Waals surface area (Å²) in [6.45, 7) is 7.08. The molecule has 0 radical (unpaired) electrons. The minimum absolute atomic E-state index is 0.432. The average Bonchev–Trinajstić information content (AvgIpc) is 3.03. The van der Waals surface area contributed by atoms with Gasteiger partial charge in [-0.15, -0.1) is 10.6 Å². The maximum absolute atomic E-state index is 6.04. The summed E-state index contributed by atoms with van der Waals surface area (Å²) in [7, 11) is -1.52. The highest BCUT2D eigenvalue weighted by Crippen LogP contribution is 2.25. The van der Waals surface area contributed by atoms with Gasteiger partial charge in [0.05, 0.1) is 0 Å². The number of hydrogen-bond acceptors (Lipinski definition) is 3. The summed E-state index contributed by atoms with van der Waals surface area (Å²) in [4.78, 5) is 12.3. The predicted octanol–water partition coefficient (Wildman–Crippen LogP) is 4.44. The number of aromatic nitrogens is 3. The molecule has 4 aromatic rings. The van der Waals surface area contributed by atoms with E-state index in [2.05, 4.69) is 47.3 Å². The predicted molar refractivity (Wildman–Crippen MR) is 112 cm³/mol. The van der Waals surface area contributed by atoms with Crippen molar-refractivity contribution in [3.8, 4) is 11.5 Å². The summed E-state index contributed by atoms with van der Waals surface area (Å²) < 4.78 is 0. The van der Waals surface area contributed by atoms with E-state index in [-0.39, 0.29) is 0 Å². The molecule has 2 aromatic carbocycles. The zero-order chi connectivity index (χ0) is 18.9. The van der Waals surface area contributed by atoms with Gasteiger partial charge < -0.3 is 4.84 Å². The van der Waals surface area contributed by atoms with E-state index in [0.717, 1.165) is 27.4 Å². The first-order chi connectivity index (χ1) is 13.0. The standard InChI is InChI=1S/C22H21N3OSi/c1-27(2,3)14-13-20-21-22(19-12-8-7-11-18(19)15-23-21)25(24-20)26-16-17-9-5-4-6-10-17/h4-12,15H,16H2,1-3H3. The van der Waals surface area contributed by atoms with Crippen LogP contribution in [-0.4, -0.2) is 23.0 Å². The van der Waals surface area contributed by atoms with E-state index < -0.39 is 8.07 Å². The van der Waals surface area contributed by atoms with Gasteiger partial charge in [-0.25, -0.2) is 0 Å². The number of nitrogens with zero attached hydrogens (tertiary/aromatic N) is 3. The summed E-state index contributed by atoms with van der Waals surface area (Å²) in [5.74, 6) is 3.25. The van der Waals surface area contributed by atoms with Gasteiger partial charge in [0.25, 0.3) is 0 Å². The van der Waals surface area contributed by atoms with Gasteiger partial charge in [-0.05, 0) is 11.5 Å². The minimum Gasteiger partial charge on any atom is -0.391 e. The smallest absolute Gasteiger partial charge is 0.164 e. The molecule has 0 N–H and O–H groups in total.